The fraction of sp³-hybridized carbons (Fsp3) is 1.00. The Bertz CT molecular complexity index is 569. The summed E-state index contributed by atoms with van der Waals surface area (Å²) in [6.07, 6.45) is 19.1. The van der Waals surface area contributed by atoms with Crippen molar-refractivity contribution in [2.24, 2.45) is 46.3 Å². The molecule has 1 N–H and O–H groups in total. The lowest BCUT2D eigenvalue weighted by molar-refractivity contribution is -0.151. The fourth-order valence-corrected chi connectivity index (χ4v) is 9.17. The third-order valence-electron chi connectivity index (χ3n) is 11.3. The van der Waals surface area contributed by atoms with Gasteiger partial charge in [0, 0.05) is 0 Å². The van der Waals surface area contributed by atoms with Crippen molar-refractivity contribution in [2.75, 3.05) is 0 Å². The van der Waals surface area contributed by atoms with E-state index < -0.39 is 0 Å². The van der Waals surface area contributed by atoms with Gasteiger partial charge in [0.15, 0.2) is 0 Å². The van der Waals surface area contributed by atoms with Gasteiger partial charge in [-0.05, 0) is 117 Å². The maximum absolute atomic E-state index is 11.0. The zero-order valence-corrected chi connectivity index (χ0v) is 20.3. The first-order valence-electron chi connectivity index (χ1n) is 13.4. The van der Waals surface area contributed by atoms with E-state index in [9.17, 15) is 5.11 Å². The van der Waals surface area contributed by atoms with Gasteiger partial charge >= 0.3 is 0 Å². The monoisotopic (exact) mass is 402 g/mol. The Morgan fingerprint density at radius 2 is 1.62 bits per heavy atom. The van der Waals surface area contributed by atoms with Crippen molar-refractivity contribution in [3.05, 3.63) is 0 Å². The topological polar surface area (TPSA) is 20.2 Å². The molecular weight excluding hydrogens is 352 g/mol. The van der Waals surface area contributed by atoms with Crippen molar-refractivity contribution < 1.29 is 5.11 Å². The summed E-state index contributed by atoms with van der Waals surface area (Å²) in [6, 6.07) is 0. The van der Waals surface area contributed by atoms with E-state index in [-0.39, 0.29) is 5.60 Å². The van der Waals surface area contributed by atoms with E-state index in [0.717, 1.165) is 54.8 Å². The number of unbranched alkanes of at least 4 members (excludes halogenated alkanes) is 1. The van der Waals surface area contributed by atoms with Gasteiger partial charge in [-0.1, -0.05) is 53.9 Å². The van der Waals surface area contributed by atoms with Crippen molar-refractivity contribution in [1.82, 2.24) is 0 Å². The molecular formula is C28H50O. The molecule has 0 aliphatic heterocycles. The van der Waals surface area contributed by atoms with Crippen LogP contribution in [0.1, 0.15) is 125 Å². The van der Waals surface area contributed by atoms with Crippen LogP contribution in [0.5, 0.6) is 0 Å². The largest absolute Gasteiger partial charge is 0.390 e. The molecule has 0 bridgehead atoms. The molecule has 168 valence electrons. The summed E-state index contributed by atoms with van der Waals surface area (Å²) in [4.78, 5) is 0. The third-order valence-corrected chi connectivity index (χ3v) is 11.3. The SMILES string of the molecule is CC[C@]1(O)CC[C@@]2(C)C(CCC3C4CCC(CCCCC(C)C)C4(C)CCC32)C1. The average Bonchev–Trinajstić information content (AvgIpc) is 3.02. The van der Waals surface area contributed by atoms with Crippen LogP contribution in [0.25, 0.3) is 0 Å². The zero-order chi connectivity index (χ0) is 20.9. The normalized spacial score (nSPS) is 49.6. The first-order valence-corrected chi connectivity index (χ1v) is 13.4. The van der Waals surface area contributed by atoms with Crippen molar-refractivity contribution in [1.29, 1.82) is 0 Å². The van der Waals surface area contributed by atoms with Gasteiger partial charge in [-0.25, -0.2) is 0 Å². The number of hydrogen-bond acceptors (Lipinski definition) is 1. The number of hydrogen-bond donors (Lipinski definition) is 1. The van der Waals surface area contributed by atoms with Gasteiger partial charge in [0.05, 0.1) is 5.60 Å². The van der Waals surface area contributed by atoms with Crippen molar-refractivity contribution in [3.63, 3.8) is 0 Å². The lowest BCUT2D eigenvalue weighted by Gasteiger charge is -2.62. The molecule has 4 fully saturated rings. The van der Waals surface area contributed by atoms with Crippen LogP contribution in [0.4, 0.5) is 0 Å². The third kappa shape index (κ3) is 3.85. The Hall–Kier alpha value is -0.0400. The second-order valence-corrected chi connectivity index (χ2v) is 12.9. The van der Waals surface area contributed by atoms with Crippen molar-refractivity contribution in [3.8, 4) is 0 Å². The van der Waals surface area contributed by atoms with E-state index in [4.69, 9.17) is 0 Å². The molecule has 29 heavy (non-hydrogen) atoms. The summed E-state index contributed by atoms with van der Waals surface area (Å²) < 4.78 is 0. The predicted octanol–water partition coefficient (Wildman–Crippen LogP) is 8.00. The molecule has 0 aromatic rings. The molecule has 0 saturated heterocycles. The minimum atomic E-state index is -0.353. The summed E-state index contributed by atoms with van der Waals surface area (Å²) in [5.74, 6) is 5.59. The molecule has 4 aliphatic rings. The van der Waals surface area contributed by atoms with E-state index >= 15 is 0 Å². The quantitative estimate of drug-likeness (QED) is 0.446. The van der Waals surface area contributed by atoms with Crippen molar-refractivity contribution in [2.45, 2.75) is 130 Å². The molecule has 6 unspecified atom stereocenters. The number of aliphatic hydroxyl groups is 1. The Morgan fingerprint density at radius 1 is 0.862 bits per heavy atom. The minimum Gasteiger partial charge on any atom is -0.390 e. The highest BCUT2D eigenvalue weighted by Gasteiger charge is 2.60. The van der Waals surface area contributed by atoms with E-state index in [0.29, 0.717) is 10.8 Å². The molecule has 0 amide bonds. The molecule has 0 heterocycles. The van der Waals surface area contributed by atoms with Gasteiger partial charge in [0.1, 0.15) is 0 Å². The van der Waals surface area contributed by atoms with Crippen LogP contribution in [0.2, 0.25) is 0 Å². The molecule has 4 aliphatic carbocycles. The number of rotatable bonds is 6. The zero-order valence-electron chi connectivity index (χ0n) is 20.3. The van der Waals surface area contributed by atoms with Crippen LogP contribution in [0, 0.1) is 46.3 Å². The molecule has 0 aromatic heterocycles. The highest BCUT2D eigenvalue weighted by molar-refractivity contribution is 5.10. The molecule has 1 heteroatoms. The van der Waals surface area contributed by atoms with Gasteiger partial charge in [-0.3, -0.25) is 0 Å². The Kier molecular flexibility index (Phi) is 6.22. The van der Waals surface area contributed by atoms with Crippen LogP contribution in [0.3, 0.4) is 0 Å². The fourth-order valence-electron chi connectivity index (χ4n) is 9.17. The lowest BCUT2D eigenvalue weighted by Crippen LogP contribution is -2.55. The van der Waals surface area contributed by atoms with Crippen LogP contribution in [-0.2, 0) is 0 Å². The first-order chi connectivity index (χ1) is 13.7. The van der Waals surface area contributed by atoms with E-state index in [1.54, 1.807) is 0 Å². The van der Waals surface area contributed by atoms with Crippen molar-refractivity contribution >= 4 is 0 Å². The summed E-state index contributed by atoms with van der Waals surface area (Å²) in [6.45, 7) is 12.3. The predicted molar refractivity (Wildman–Crippen MR) is 124 cm³/mol. The Morgan fingerprint density at radius 3 is 2.34 bits per heavy atom. The van der Waals surface area contributed by atoms with Crippen LogP contribution < -0.4 is 0 Å². The Labute approximate surface area is 181 Å². The molecule has 8 atom stereocenters. The maximum atomic E-state index is 11.0. The highest BCUT2D eigenvalue weighted by Crippen LogP contribution is 2.68. The minimum absolute atomic E-state index is 0.353. The molecule has 0 radical (unpaired) electrons. The van der Waals surface area contributed by atoms with Gasteiger partial charge in [-0.15, -0.1) is 0 Å². The Balaban J connectivity index is 1.43. The van der Waals surface area contributed by atoms with Gasteiger partial charge < -0.3 is 5.11 Å². The van der Waals surface area contributed by atoms with Gasteiger partial charge in [-0.2, -0.15) is 0 Å². The maximum Gasteiger partial charge on any atom is 0.0648 e. The van der Waals surface area contributed by atoms with Crippen LogP contribution in [0.15, 0.2) is 0 Å². The smallest absolute Gasteiger partial charge is 0.0648 e. The molecule has 4 rings (SSSR count). The van der Waals surface area contributed by atoms with Crippen LogP contribution >= 0.6 is 0 Å². The molecule has 0 spiro atoms. The average molecular weight is 403 g/mol. The molecule has 0 aromatic carbocycles. The molecule has 4 saturated carbocycles. The van der Waals surface area contributed by atoms with E-state index in [1.165, 1.54) is 70.6 Å². The second kappa shape index (κ2) is 8.14. The van der Waals surface area contributed by atoms with E-state index in [2.05, 4.69) is 34.6 Å². The highest BCUT2D eigenvalue weighted by atomic mass is 16.3. The van der Waals surface area contributed by atoms with Crippen LogP contribution in [-0.4, -0.2) is 10.7 Å². The first kappa shape index (κ1) is 22.2. The molecule has 1 nitrogen and oxygen atoms in total. The number of fused-ring (bicyclic) bond motifs is 5. The summed E-state index contributed by atoms with van der Waals surface area (Å²) >= 11 is 0. The standard InChI is InChI=1S/C28H50O/c1-6-28(29)18-17-27(5)22(19-28)11-13-23-24-14-12-21(10-8-7-9-20(2)3)26(24,4)16-15-25(23)27/h20-25,29H,6-19H2,1-5H3/t21?,22?,23?,24?,25?,26?,27-,28-/m0/s1. The summed E-state index contributed by atoms with van der Waals surface area (Å²) in [5, 5.41) is 11.0. The van der Waals surface area contributed by atoms with E-state index in [1.807, 2.05) is 0 Å². The summed E-state index contributed by atoms with van der Waals surface area (Å²) in [7, 11) is 0. The van der Waals surface area contributed by atoms with Gasteiger partial charge in [0.2, 0.25) is 0 Å². The second-order valence-electron chi connectivity index (χ2n) is 12.9. The summed E-state index contributed by atoms with van der Waals surface area (Å²) in [5.41, 5.74) is 0.802. The van der Waals surface area contributed by atoms with Gasteiger partial charge in [0.25, 0.3) is 0 Å². The lowest BCUT2D eigenvalue weighted by atomic mass is 9.43.